The molecule has 6 nitrogen and oxygen atoms in total. The van der Waals surface area contributed by atoms with Crippen molar-refractivity contribution in [3.63, 3.8) is 0 Å². The van der Waals surface area contributed by atoms with E-state index in [4.69, 9.17) is 0 Å². The largest absolute Gasteiger partial charge is 0.393 e. The molecule has 1 fully saturated rings. The Morgan fingerprint density at radius 3 is 2.76 bits per heavy atom. The third kappa shape index (κ3) is 3.85. The summed E-state index contributed by atoms with van der Waals surface area (Å²) in [5.74, 6) is 0.280. The van der Waals surface area contributed by atoms with Crippen LogP contribution in [0.25, 0.3) is 0 Å². The fraction of sp³-hybridized carbons (Fsp3) is 0.579. The number of rotatable bonds is 4. The zero-order chi connectivity index (χ0) is 18.0. The highest BCUT2D eigenvalue weighted by molar-refractivity contribution is 5.92. The lowest BCUT2D eigenvalue weighted by atomic mass is 9.91. The molecule has 1 aromatic heterocycles. The lowest BCUT2D eigenvalue weighted by Crippen LogP contribution is -2.42. The number of aliphatic hydroxyl groups is 1. The number of aliphatic hydroxyl groups excluding tert-OH is 1. The van der Waals surface area contributed by atoms with Crippen LogP contribution in [0.1, 0.15) is 54.6 Å². The number of amides is 1. The van der Waals surface area contributed by atoms with Crippen LogP contribution in [0.5, 0.6) is 0 Å². The predicted molar refractivity (Wildman–Crippen MR) is 97.0 cm³/mol. The van der Waals surface area contributed by atoms with Gasteiger partial charge >= 0.3 is 0 Å². The van der Waals surface area contributed by atoms with Crippen molar-refractivity contribution < 1.29 is 9.90 Å². The molecular formula is C19H28N4O2. The number of allylic oxidation sites excluding steroid dienone is 3. The van der Waals surface area contributed by atoms with Crippen molar-refractivity contribution in [3.8, 4) is 0 Å². The van der Waals surface area contributed by atoms with Crippen molar-refractivity contribution in [1.82, 2.24) is 19.8 Å². The average molecular weight is 344 g/mol. The lowest BCUT2D eigenvalue weighted by molar-refractivity contribution is 0.0668. The second-order valence-corrected chi connectivity index (χ2v) is 7.11. The number of fused-ring (bicyclic) bond motifs is 1. The summed E-state index contributed by atoms with van der Waals surface area (Å²) in [6.45, 7) is 7.25. The Kier molecular flexibility index (Phi) is 5.39. The zero-order valence-electron chi connectivity index (χ0n) is 15.2. The van der Waals surface area contributed by atoms with Crippen LogP contribution in [-0.4, -0.2) is 44.2 Å². The van der Waals surface area contributed by atoms with Crippen molar-refractivity contribution in [1.29, 1.82) is 0 Å². The van der Waals surface area contributed by atoms with E-state index in [2.05, 4.69) is 21.8 Å². The van der Waals surface area contributed by atoms with Gasteiger partial charge in [0.25, 0.3) is 5.91 Å². The van der Waals surface area contributed by atoms with Crippen LogP contribution in [0.2, 0.25) is 0 Å². The summed E-state index contributed by atoms with van der Waals surface area (Å²) >= 11 is 0. The highest BCUT2D eigenvalue weighted by atomic mass is 16.3. The van der Waals surface area contributed by atoms with Gasteiger partial charge in [-0.2, -0.15) is 0 Å². The Hall–Kier alpha value is -1.92. The normalized spacial score (nSPS) is 24.7. The predicted octanol–water partition coefficient (Wildman–Crippen LogP) is 1.90. The number of hydrogen-bond donors (Lipinski definition) is 2. The summed E-state index contributed by atoms with van der Waals surface area (Å²) in [5.41, 5.74) is 2.92. The molecule has 136 valence electrons. The van der Waals surface area contributed by atoms with Crippen LogP contribution >= 0.6 is 0 Å². The molecule has 0 saturated heterocycles. The number of aromatic nitrogens is 2. The number of imidazole rings is 1. The van der Waals surface area contributed by atoms with Gasteiger partial charge in [0, 0.05) is 44.0 Å². The molecule has 6 heteroatoms. The van der Waals surface area contributed by atoms with Gasteiger partial charge in [-0.3, -0.25) is 9.69 Å². The Morgan fingerprint density at radius 1 is 1.36 bits per heavy atom. The molecule has 2 aliphatic rings. The van der Waals surface area contributed by atoms with Gasteiger partial charge in [0.2, 0.25) is 0 Å². The highest BCUT2D eigenvalue weighted by Gasteiger charge is 2.30. The fourth-order valence-corrected chi connectivity index (χ4v) is 3.94. The minimum atomic E-state index is -0.181. The van der Waals surface area contributed by atoms with E-state index in [-0.39, 0.29) is 12.0 Å². The number of carbonyl (C=O) groups is 1. The van der Waals surface area contributed by atoms with Gasteiger partial charge in [0.05, 0.1) is 11.8 Å². The van der Waals surface area contributed by atoms with Crippen LogP contribution in [0, 0.1) is 0 Å². The van der Waals surface area contributed by atoms with Crippen LogP contribution in [0.4, 0.5) is 0 Å². The van der Waals surface area contributed by atoms with Crippen LogP contribution in [-0.2, 0) is 20.0 Å². The first kappa shape index (κ1) is 17.9. The van der Waals surface area contributed by atoms with Gasteiger partial charge < -0.3 is 15.0 Å². The lowest BCUT2D eigenvalue weighted by Gasteiger charge is -2.37. The second kappa shape index (κ2) is 7.54. The van der Waals surface area contributed by atoms with Gasteiger partial charge in [0.15, 0.2) is 5.82 Å². The summed E-state index contributed by atoms with van der Waals surface area (Å²) in [5, 5.41) is 12.6. The van der Waals surface area contributed by atoms with Gasteiger partial charge in [-0.1, -0.05) is 12.7 Å². The Labute approximate surface area is 149 Å². The Morgan fingerprint density at radius 2 is 2.08 bits per heavy atom. The molecule has 0 aromatic carbocycles. The van der Waals surface area contributed by atoms with Crippen LogP contribution in [0.15, 0.2) is 24.4 Å². The van der Waals surface area contributed by atoms with Crippen LogP contribution in [0.3, 0.4) is 0 Å². The number of nitrogens with zero attached hydrogens (tertiary/aromatic N) is 3. The molecule has 1 saturated carbocycles. The minimum Gasteiger partial charge on any atom is -0.393 e. The first-order valence-corrected chi connectivity index (χ1v) is 9.06. The molecule has 3 rings (SSSR count). The summed E-state index contributed by atoms with van der Waals surface area (Å²) in [4.78, 5) is 19.6. The molecule has 0 spiro atoms. The molecular weight excluding hydrogens is 316 g/mol. The molecule has 2 N–H and O–H groups in total. The van der Waals surface area contributed by atoms with E-state index in [1.165, 1.54) is 0 Å². The Bertz CT molecular complexity index is 684. The van der Waals surface area contributed by atoms with E-state index < -0.39 is 0 Å². The van der Waals surface area contributed by atoms with Gasteiger partial charge in [-0.25, -0.2) is 4.98 Å². The van der Waals surface area contributed by atoms with Crippen molar-refractivity contribution in [2.45, 2.75) is 57.7 Å². The van der Waals surface area contributed by atoms with E-state index in [0.29, 0.717) is 11.9 Å². The highest BCUT2D eigenvalue weighted by Crippen LogP contribution is 2.28. The molecule has 0 unspecified atom stereocenters. The monoisotopic (exact) mass is 344 g/mol. The van der Waals surface area contributed by atoms with Gasteiger partial charge in [0.1, 0.15) is 0 Å². The Balaban J connectivity index is 1.72. The zero-order valence-corrected chi connectivity index (χ0v) is 15.2. The van der Waals surface area contributed by atoms with E-state index in [1.54, 1.807) is 12.2 Å². The maximum atomic E-state index is 12.5. The van der Waals surface area contributed by atoms with Crippen molar-refractivity contribution in [3.05, 3.63) is 41.6 Å². The van der Waals surface area contributed by atoms with Gasteiger partial charge in [-0.05, 0) is 38.7 Å². The summed E-state index contributed by atoms with van der Waals surface area (Å²) in [6.07, 6.45) is 8.06. The summed E-state index contributed by atoms with van der Waals surface area (Å²) in [7, 11) is 1.92. The molecule has 0 atom stereocenters. The fourth-order valence-electron chi connectivity index (χ4n) is 3.94. The standard InChI is InChI=1S/C19H28N4O2/c1-4-5-13(2)20-19(25)18-21-16-12-23(11-10-17(16)22(18)3)14-6-8-15(24)9-7-14/h4-5,14-15,24H,1,6-12H2,2-3H3,(H,20,25)/b13-5-. The maximum absolute atomic E-state index is 12.5. The molecule has 1 aliphatic carbocycles. The molecule has 25 heavy (non-hydrogen) atoms. The molecule has 1 aliphatic heterocycles. The van der Waals surface area contributed by atoms with E-state index in [1.807, 2.05) is 18.5 Å². The third-order valence-corrected chi connectivity index (χ3v) is 5.35. The number of hydrogen-bond acceptors (Lipinski definition) is 4. The average Bonchev–Trinajstić information content (AvgIpc) is 2.92. The van der Waals surface area contributed by atoms with E-state index in [0.717, 1.165) is 62.3 Å². The number of nitrogens with one attached hydrogen (secondary N) is 1. The molecule has 2 heterocycles. The summed E-state index contributed by atoms with van der Waals surface area (Å²) in [6, 6.07) is 0.522. The first-order chi connectivity index (χ1) is 12.0. The smallest absolute Gasteiger partial charge is 0.291 e. The van der Waals surface area contributed by atoms with Crippen molar-refractivity contribution >= 4 is 5.91 Å². The van der Waals surface area contributed by atoms with Gasteiger partial charge in [-0.15, -0.1) is 0 Å². The van der Waals surface area contributed by atoms with Crippen molar-refractivity contribution in [2.24, 2.45) is 7.05 Å². The summed E-state index contributed by atoms with van der Waals surface area (Å²) < 4.78 is 1.92. The maximum Gasteiger partial charge on any atom is 0.291 e. The molecule has 0 radical (unpaired) electrons. The topological polar surface area (TPSA) is 70.4 Å². The first-order valence-electron chi connectivity index (χ1n) is 9.06. The SMILES string of the molecule is C=C/C=C(/C)NC(=O)c1nc2c(n1C)CCN(C1CCC(O)CC1)C2. The van der Waals surface area contributed by atoms with Crippen molar-refractivity contribution in [2.75, 3.05) is 6.54 Å². The molecule has 1 amide bonds. The minimum absolute atomic E-state index is 0.131. The number of carbonyl (C=O) groups excluding carboxylic acids is 1. The second-order valence-electron chi connectivity index (χ2n) is 7.11. The van der Waals surface area contributed by atoms with E-state index in [9.17, 15) is 9.90 Å². The molecule has 1 aromatic rings. The molecule has 0 bridgehead atoms. The van der Waals surface area contributed by atoms with Crippen LogP contribution < -0.4 is 5.32 Å². The quantitative estimate of drug-likeness (QED) is 0.819. The van der Waals surface area contributed by atoms with E-state index >= 15 is 0 Å². The third-order valence-electron chi connectivity index (χ3n) is 5.35.